The number of benzene rings is 2. The third-order valence-corrected chi connectivity index (χ3v) is 6.98. The number of hydrogen-bond acceptors (Lipinski definition) is 6. The normalized spacial score (nSPS) is 19.6. The van der Waals surface area contributed by atoms with Crippen molar-refractivity contribution in [2.45, 2.75) is 32.2 Å². The van der Waals surface area contributed by atoms with Crippen molar-refractivity contribution in [2.24, 2.45) is 0 Å². The summed E-state index contributed by atoms with van der Waals surface area (Å²) in [6, 6.07) is 15.7. The average molecular weight is 484 g/mol. The first-order valence-electron chi connectivity index (χ1n) is 12.2. The topological polar surface area (TPSA) is 83.0 Å². The van der Waals surface area contributed by atoms with E-state index >= 15 is 0 Å². The number of aryl methyl sites for hydroxylation is 1. The van der Waals surface area contributed by atoms with Crippen molar-refractivity contribution in [1.29, 1.82) is 0 Å². The van der Waals surface area contributed by atoms with Gasteiger partial charge in [0.15, 0.2) is 0 Å². The molecule has 3 heterocycles. The molecule has 2 saturated heterocycles. The monoisotopic (exact) mass is 483 g/mol. The summed E-state index contributed by atoms with van der Waals surface area (Å²) in [5.74, 6) is -0.976. The molecule has 0 saturated carbocycles. The highest BCUT2D eigenvalue weighted by atomic mass is 16.5. The quantitative estimate of drug-likeness (QED) is 0.312. The van der Waals surface area contributed by atoms with Crippen LogP contribution in [0.5, 0.6) is 5.75 Å². The number of amides is 1. The Bertz CT molecular complexity index is 1310. The van der Waals surface area contributed by atoms with Crippen LogP contribution in [0.15, 0.2) is 72.6 Å². The number of ether oxygens (including phenoxy) is 1. The van der Waals surface area contributed by atoms with Gasteiger partial charge in [0.2, 0.25) is 0 Å². The van der Waals surface area contributed by atoms with Crippen molar-refractivity contribution < 1.29 is 19.4 Å². The molecule has 0 radical (unpaired) electrons. The number of aliphatic hydroxyl groups excluding tert-OH is 1. The smallest absolute Gasteiger partial charge is 0.300 e. The molecule has 184 valence electrons. The van der Waals surface area contributed by atoms with Crippen LogP contribution in [-0.4, -0.2) is 42.0 Å². The van der Waals surface area contributed by atoms with Crippen molar-refractivity contribution in [2.75, 3.05) is 30.0 Å². The molecule has 0 bridgehead atoms. The molecule has 1 aromatic heterocycles. The molecule has 7 nitrogen and oxygen atoms in total. The summed E-state index contributed by atoms with van der Waals surface area (Å²) >= 11 is 0. The highest BCUT2D eigenvalue weighted by Gasteiger charge is 2.47. The van der Waals surface area contributed by atoms with E-state index in [9.17, 15) is 14.7 Å². The second-order valence-electron chi connectivity index (χ2n) is 9.20. The number of methoxy groups -OCH3 is 1. The largest absolute Gasteiger partial charge is 0.507 e. The van der Waals surface area contributed by atoms with Gasteiger partial charge in [0.05, 0.1) is 18.7 Å². The zero-order valence-corrected chi connectivity index (χ0v) is 20.5. The Morgan fingerprint density at radius 3 is 2.36 bits per heavy atom. The van der Waals surface area contributed by atoms with Gasteiger partial charge in [-0.3, -0.25) is 19.5 Å². The molecule has 5 rings (SSSR count). The summed E-state index contributed by atoms with van der Waals surface area (Å²) in [6.45, 7) is 3.85. The fourth-order valence-corrected chi connectivity index (χ4v) is 5.10. The van der Waals surface area contributed by atoms with Gasteiger partial charge in [-0.1, -0.05) is 6.07 Å². The van der Waals surface area contributed by atoms with Crippen molar-refractivity contribution in [3.63, 3.8) is 0 Å². The number of Topliss-reactive ketones (excluding diaryl/α,β-unsaturated/α-hetero) is 1. The maximum absolute atomic E-state index is 13.4. The summed E-state index contributed by atoms with van der Waals surface area (Å²) in [7, 11) is 1.57. The lowest BCUT2D eigenvalue weighted by Gasteiger charge is -2.30. The molecule has 1 unspecified atom stereocenters. The van der Waals surface area contributed by atoms with E-state index in [1.807, 2.05) is 37.3 Å². The first-order valence-corrected chi connectivity index (χ1v) is 12.2. The zero-order valence-electron chi connectivity index (χ0n) is 20.5. The predicted molar refractivity (Wildman–Crippen MR) is 139 cm³/mol. The van der Waals surface area contributed by atoms with Gasteiger partial charge in [-0.2, -0.15) is 0 Å². The molecule has 0 spiro atoms. The van der Waals surface area contributed by atoms with Crippen LogP contribution in [0, 0.1) is 6.92 Å². The maximum atomic E-state index is 13.4. The fraction of sp³-hybridized carbons (Fsp3) is 0.276. The lowest BCUT2D eigenvalue weighted by molar-refractivity contribution is -0.132. The van der Waals surface area contributed by atoms with Crippen molar-refractivity contribution in [3.05, 3.63) is 89.3 Å². The Hall–Kier alpha value is -4.13. The Balaban J connectivity index is 1.60. The van der Waals surface area contributed by atoms with Crippen LogP contribution in [0.1, 0.15) is 42.0 Å². The third kappa shape index (κ3) is 4.21. The number of rotatable bonds is 5. The standard InChI is InChI=1S/C29H29N3O4/c1-19-17-23(36-2)12-13-24(19)27(33)25-26(20-7-6-14-30-18-20)32(29(35)28(25)34)22-10-8-21(9-11-22)31-15-4-3-5-16-31/h6-14,17-18,26,33H,3-5,15-16H2,1-2H3/b27-25-. The van der Waals surface area contributed by atoms with Gasteiger partial charge >= 0.3 is 0 Å². The molecule has 2 fully saturated rings. The molecular formula is C29H29N3O4. The van der Waals surface area contributed by atoms with Crippen molar-refractivity contribution in [1.82, 2.24) is 4.98 Å². The SMILES string of the molecule is COc1ccc(/C(O)=C2/C(=O)C(=O)N(c3ccc(N4CCCCC4)cc3)C2c2cccnc2)c(C)c1. The van der Waals surface area contributed by atoms with Crippen LogP contribution >= 0.6 is 0 Å². The maximum Gasteiger partial charge on any atom is 0.300 e. The number of pyridine rings is 1. The van der Waals surface area contributed by atoms with Crippen LogP contribution in [-0.2, 0) is 9.59 Å². The molecular weight excluding hydrogens is 454 g/mol. The molecule has 3 aromatic rings. The Labute approximate surface area is 210 Å². The minimum Gasteiger partial charge on any atom is -0.507 e. The van der Waals surface area contributed by atoms with E-state index in [1.165, 1.54) is 24.2 Å². The fourth-order valence-electron chi connectivity index (χ4n) is 5.10. The Morgan fingerprint density at radius 1 is 1.00 bits per heavy atom. The lowest BCUT2D eigenvalue weighted by Crippen LogP contribution is -2.30. The number of nitrogens with zero attached hydrogens (tertiary/aromatic N) is 3. The number of aliphatic hydroxyl groups is 1. The van der Waals surface area contributed by atoms with Crippen molar-refractivity contribution in [3.8, 4) is 5.75 Å². The van der Waals surface area contributed by atoms with Crippen LogP contribution in [0.2, 0.25) is 0 Å². The zero-order chi connectivity index (χ0) is 25.2. The molecule has 1 amide bonds. The van der Waals surface area contributed by atoms with E-state index in [1.54, 1.807) is 43.8 Å². The molecule has 2 aliphatic heterocycles. The number of carbonyl (C=O) groups is 2. The Morgan fingerprint density at radius 2 is 1.72 bits per heavy atom. The summed E-state index contributed by atoms with van der Waals surface area (Å²) in [4.78, 5) is 34.8. The summed E-state index contributed by atoms with van der Waals surface area (Å²) in [5, 5.41) is 11.4. The number of ketones is 1. The summed E-state index contributed by atoms with van der Waals surface area (Å²) < 4.78 is 5.27. The van der Waals surface area contributed by atoms with E-state index in [0.717, 1.165) is 24.3 Å². The highest BCUT2D eigenvalue weighted by molar-refractivity contribution is 6.51. The van der Waals surface area contributed by atoms with Gasteiger partial charge in [0.1, 0.15) is 11.5 Å². The van der Waals surface area contributed by atoms with Crippen LogP contribution in [0.25, 0.3) is 5.76 Å². The molecule has 7 heteroatoms. The second-order valence-corrected chi connectivity index (χ2v) is 9.20. The number of anilines is 2. The van der Waals surface area contributed by atoms with Gasteiger partial charge in [0, 0.05) is 42.4 Å². The van der Waals surface area contributed by atoms with E-state index in [2.05, 4.69) is 9.88 Å². The number of hydrogen-bond donors (Lipinski definition) is 1. The van der Waals surface area contributed by atoms with Gasteiger partial charge < -0.3 is 14.7 Å². The van der Waals surface area contributed by atoms with Gasteiger partial charge in [-0.05, 0) is 85.8 Å². The number of aromatic nitrogens is 1. The summed E-state index contributed by atoms with van der Waals surface area (Å²) in [6.07, 6.45) is 6.85. The van der Waals surface area contributed by atoms with Crippen LogP contribution in [0.3, 0.4) is 0 Å². The van der Waals surface area contributed by atoms with Gasteiger partial charge in [-0.25, -0.2) is 0 Å². The van der Waals surface area contributed by atoms with E-state index in [0.29, 0.717) is 22.6 Å². The van der Waals surface area contributed by atoms with E-state index in [-0.39, 0.29) is 11.3 Å². The molecule has 1 atom stereocenters. The Kier molecular flexibility index (Phi) is 6.46. The minimum absolute atomic E-state index is 0.0429. The molecule has 2 aliphatic rings. The molecule has 2 aromatic carbocycles. The van der Waals surface area contributed by atoms with Gasteiger partial charge in [-0.15, -0.1) is 0 Å². The first-order chi connectivity index (χ1) is 17.5. The number of carbonyl (C=O) groups excluding carboxylic acids is 2. The van der Waals surface area contributed by atoms with Crippen molar-refractivity contribution >= 4 is 28.8 Å². The van der Waals surface area contributed by atoms with Gasteiger partial charge in [0.25, 0.3) is 11.7 Å². The number of piperidine rings is 1. The minimum atomic E-state index is -0.805. The average Bonchev–Trinajstić information content (AvgIpc) is 3.19. The summed E-state index contributed by atoms with van der Waals surface area (Å²) in [5.41, 5.74) is 3.59. The van der Waals surface area contributed by atoms with E-state index in [4.69, 9.17) is 4.74 Å². The molecule has 36 heavy (non-hydrogen) atoms. The van der Waals surface area contributed by atoms with Crippen LogP contribution in [0.4, 0.5) is 11.4 Å². The highest BCUT2D eigenvalue weighted by Crippen LogP contribution is 2.42. The first kappa shape index (κ1) is 23.6. The third-order valence-electron chi connectivity index (χ3n) is 6.98. The second kappa shape index (κ2) is 9.85. The predicted octanol–water partition coefficient (Wildman–Crippen LogP) is 5.02. The molecule has 1 N–H and O–H groups in total. The molecule has 0 aliphatic carbocycles. The van der Waals surface area contributed by atoms with Crippen LogP contribution < -0.4 is 14.5 Å². The lowest BCUT2D eigenvalue weighted by atomic mass is 9.94. The van der Waals surface area contributed by atoms with E-state index < -0.39 is 17.7 Å².